The lowest BCUT2D eigenvalue weighted by atomic mass is 9.77. The Morgan fingerprint density at radius 1 is 1.13 bits per heavy atom. The van der Waals surface area contributed by atoms with E-state index in [0.717, 1.165) is 17.7 Å². The number of fused-ring (bicyclic) bond motifs is 8. The number of carbonyl (C=O) groups excluding carboxylic acids is 2. The molecule has 5 heteroatoms. The fourth-order valence-corrected chi connectivity index (χ4v) is 5.65. The number of rotatable bonds is 3. The van der Waals surface area contributed by atoms with Crippen LogP contribution in [0.5, 0.6) is 0 Å². The Kier molecular flexibility index (Phi) is 3.98. The van der Waals surface area contributed by atoms with Crippen molar-refractivity contribution in [1.82, 2.24) is 0 Å². The number of hydrogen-bond acceptors (Lipinski definition) is 5. The summed E-state index contributed by atoms with van der Waals surface area (Å²) in [5.74, 6) is -0.522. The highest BCUT2D eigenvalue weighted by Crippen LogP contribution is 2.50. The summed E-state index contributed by atoms with van der Waals surface area (Å²) < 4.78 is 11.5. The number of anilines is 1. The van der Waals surface area contributed by atoms with Gasteiger partial charge in [0, 0.05) is 17.2 Å². The third-order valence-electron chi connectivity index (χ3n) is 7.07. The number of aryl methyl sites for hydroxylation is 1. The summed E-state index contributed by atoms with van der Waals surface area (Å²) in [4.78, 5) is 29.2. The molecule has 0 aliphatic carbocycles. The maximum Gasteiger partial charge on any atom is 0.218 e. The van der Waals surface area contributed by atoms with Gasteiger partial charge >= 0.3 is 0 Å². The highest BCUT2D eigenvalue weighted by atomic mass is 16.7. The van der Waals surface area contributed by atoms with Gasteiger partial charge in [0.2, 0.25) is 6.29 Å². The fraction of sp³-hybridized carbons (Fsp3) is 0.360. The molecule has 2 bridgehead atoms. The topological polar surface area (TPSA) is 55.8 Å². The second-order valence-corrected chi connectivity index (χ2v) is 8.52. The first-order chi connectivity index (χ1) is 14.7. The lowest BCUT2D eigenvalue weighted by Gasteiger charge is -2.35. The van der Waals surface area contributed by atoms with Crippen LogP contribution < -0.4 is 4.90 Å². The van der Waals surface area contributed by atoms with Crippen molar-refractivity contribution in [1.29, 1.82) is 0 Å². The van der Waals surface area contributed by atoms with Crippen molar-refractivity contribution in [3.63, 3.8) is 0 Å². The molecular formula is C25H23NO4. The molecule has 3 fully saturated rings. The van der Waals surface area contributed by atoms with Crippen LogP contribution in [0.15, 0.2) is 54.6 Å². The van der Waals surface area contributed by atoms with Crippen molar-refractivity contribution in [2.45, 2.75) is 37.8 Å². The molecule has 0 saturated carbocycles. The van der Waals surface area contributed by atoms with Crippen molar-refractivity contribution in [3.8, 4) is 0 Å². The SMILES string of the molecule is CCc1ccc(C(=O)[C@@H]2[C@@H]3[C@@H](C(=O)[C@@H]4OC[C@H]3O4)[C@H]3C=Cc4ccccc4N32)cc1. The van der Waals surface area contributed by atoms with E-state index in [2.05, 4.69) is 30.0 Å². The first kappa shape index (κ1) is 18.0. The molecule has 0 spiro atoms. The summed E-state index contributed by atoms with van der Waals surface area (Å²) in [6.07, 6.45) is 4.05. The van der Waals surface area contributed by atoms with Crippen LogP contribution in [0, 0.1) is 11.8 Å². The molecule has 0 N–H and O–H groups in total. The monoisotopic (exact) mass is 401 g/mol. The molecule has 0 radical (unpaired) electrons. The predicted molar refractivity (Wildman–Crippen MR) is 112 cm³/mol. The van der Waals surface area contributed by atoms with Crippen LogP contribution in [0.25, 0.3) is 6.08 Å². The summed E-state index contributed by atoms with van der Waals surface area (Å²) >= 11 is 0. The number of Topliss-reactive ketones (excluding diaryl/α,β-unsaturated/α-hetero) is 2. The highest BCUT2D eigenvalue weighted by Gasteiger charge is 2.63. The Hall–Kier alpha value is -2.76. The van der Waals surface area contributed by atoms with Gasteiger partial charge in [0.1, 0.15) is 0 Å². The largest absolute Gasteiger partial charge is 0.353 e. The van der Waals surface area contributed by atoms with Gasteiger partial charge in [-0.05, 0) is 23.6 Å². The maximum absolute atomic E-state index is 13.9. The lowest BCUT2D eigenvalue weighted by molar-refractivity contribution is -0.163. The quantitative estimate of drug-likeness (QED) is 0.739. The van der Waals surface area contributed by atoms with Gasteiger partial charge < -0.3 is 14.4 Å². The van der Waals surface area contributed by atoms with Crippen LogP contribution in [-0.2, 0) is 20.7 Å². The highest BCUT2D eigenvalue weighted by molar-refractivity contribution is 6.05. The van der Waals surface area contributed by atoms with E-state index in [-0.39, 0.29) is 35.5 Å². The Morgan fingerprint density at radius 3 is 2.73 bits per heavy atom. The number of ketones is 2. The predicted octanol–water partition coefficient (Wildman–Crippen LogP) is 3.27. The van der Waals surface area contributed by atoms with E-state index in [0.29, 0.717) is 12.2 Å². The van der Waals surface area contributed by atoms with E-state index in [1.165, 1.54) is 5.56 Å². The Balaban J connectivity index is 1.49. The molecule has 30 heavy (non-hydrogen) atoms. The molecule has 6 atom stereocenters. The molecule has 4 aliphatic heterocycles. The third-order valence-corrected chi connectivity index (χ3v) is 7.07. The van der Waals surface area contributed by atoms with E-state index < -0.39 is 12.3 Å². The fourth-order valence-electron chi connectivity index (χ4n) is 5.65. The van der Waals surface area contributed by atoms with E-state index in [4.69, 9.17) is 9.47 Å². The van der Waals surface area contributed by atoms with Crippen molar-refractivity contribution in [2.24, 2.45) is 11.8 Å². The average Bonchev–Trinajstić information content (AvgIpc) is 3.38. The number of hydrogen-bond donors (Lipinski definition) is 0. The second-order valence-electron chi connectivity index (χ2n) is 8.52. The smallest absolute Gasteiger partial charge is 0.218 e. The van der Waals surface area contributed by atoms with Gasteiger partial charge in [-0.3, -0.25) is 9.59 Å². The van der Waals surface area contributed by atoms with Crippen LogP contribution in [0.2, 0.25) is 0 Å². The molecule has 152 valence electrons. The Labute approximate surface area is 175 Å². The second kappa shape index (κ2) is 6.62. The lowest BCUT2D eigenvalue weighted by Crippen LogP contribution is -2.48. The van der Waals surface area contributed by atoms with Crippen LogP contribution in [0.4, 0.5) is 5.69 Å². The molecule has 5 nitrogen and oxygen atoms in total. The minimum Gasteiger partial charge on any atom is -0.353 e. The van der Waals surface area contributed by atoms with Crippen molar-refractivity contribution in [3.05, 3.63) is 71.3 Å². The number of ether oxygens (including phenoxy) is 2. The molecule has 6 rings (SSSR count). The first-order valence-electron chi connectivity index (χ1n) is 10.7. The van der Waals surface area contributed by atoms with Gasteiger partial charge in [-0.2, -0.15) is 0 Å². The molecule has 0 amide bonds. The number of nitrogens with zero attached hydrogens (tertiary/aromatic N) is 1. The molecule has 0 aromatic heterocycles. The van der Waals surface area contributed by atoms with Gasteiger partial charge in [-0.25, -0.2) is 0 Å². The van der Waals surface area contributed by atoms with E-state index in [1.54, 1.807) is 0 Å². The number of benzene rings is 2. The van der Waals surface area contributed by atoms with Crippen LogP contribution in [-0.4, -0.2) is 42.7 Å². The average molecular weight is 401 g/mol. The first-order valence-corrected chi connectivity index (χ1v) is 10.7. The molecule has 3 saturated heterocycles. The van der Waals surface area contributed by atoms with Crippen LogP contribution in [0.1, 0.15) is 28.4 Å². The van der Waals surface area contributed by atoms with E-state index in [9.17, 15) is 9.59 Å². The molecular weight excluding hydrogens is 378 g/mol. The zero-order valence-corrected chi connectivity index (χ0v) is 16.7. The molecule has 0 unspecified atom stereocenters. The normalized spacial score (nSPS) is 33.2. The molecule has 4 heterocycles. The minimum atomic E-state index is -0.790. The van der Waals surface area contributed by atoms with Crippen molar-refractivity contribution < 1.29 is 19.1 Å². The van der Waals surface area contributed by atoms with Crippen LogP contribution in [0.3, 0.4) is 0 Å². The standard InChI is InChI=1S/C25H23NO4/c1-2-14-7-9-16(10-8-14)23(27)22-21-19-13-29-25(30-19)24(28)20(21)18-12-11-15-5-3-4-6-17(15)26(18)22/h3-12,18-22,25H,2,13H2,1H3/t18-,19-,20+,21+,22+,25-/m1/s1. The zero-order chi connectivity index (χ0) is 20.4. The third kappa shape index (κ3) is 2.42. The van der Waals surface area contributed by atoms with E-state index in [1.807, 2.05) is 42.5 Å². The van der Waals surface area contributed by atoms with Crippen molar-refractivity contribution in [2.75, 3.05) is 11.5 Å². The van der Waals surface area contributed by atoms with Gasteiger partial charge in [-0.1, -0.05) is 61.5 Å². The van der Waals surface area contributed by atoms with Crippen molar-refractivity contribution >= 4 is 23.3 Å². The summed E-state index contributed by atoms with van der Waals surface area (Å²) in [6, 6.07) is 15.3. The van der Waals surface area contributed by atoms with Gasteiger partial charge in [0.25, 0.3) is 0 Å². The van der Waals surface area contributed by atoms with Gasteiger partial charge in [0.05, 0.1) is 30.7 Å². The summed E-state index contributed by atoms with van der Waals surface area (Å²) in [6.45, 7) is 2.46. The van der Waals surface area contributed by atoms with Gasteiger partial charge in [-0.15, -0.1) is 0 Å². The molecule has 4 aliphatic rings. The number of carbonyl (C=O) groups is 2. The minimum absolute atomic E-state index is 0.0376. The Morgan fingerprint density at radius 2 is 1.93 bits per heavy atom. The zero-order valence-electron chi connectivity index (χ0n) is 16.7. The maximum atomic E-state index is 13.9. The summed E-state index contributed by atoms with van der Waals surface area (Å²) in [5, 5.41) is 0. The number of para-hydroxylation sites is 1. The van der Waals surface area contributed by atoms with E-state index >= 15 is 0 Å². The molecule has 2 aromatic rings. The molecule has 2 aromatic carbocycles. The summed E-state index contributed by atoms with van der Waals surface area (Å²) in [7, 11) is 0. The van der Waals surface area contributed by atoms with Crippen LogP contribution >= 0.6 is 0 Å². The van der Waals surface area contributed by atoms with Gasteiger partial charge in [0.15, 0.2) is 11.6 Å². The summed E-state index contributed by atoms with van der Waals surface area (Å²) in [5.41, 5.74) is 3.95. The Bertz CT molecular complexity index is 1060.